The molecule has 1 aromatic rings. The van der Waals surface area contributed by atoms with Crippen LogP contribution in [0.1, 0.15) is 12.5 Å². The van der Waals surface area contributed by atoms with Gasteiger partial charge >= 0.3 is 0 Å². The quantitative estimate of drug-likeness (QED) is 0.779. The molecule has 0 saturated carbocycles. The molecule has 0 aromatic heterocycles. The summed E-state index contributed by atoms with van der Waals surface area (Å²) in [5, 5.41) is 7.64. The lowest BCUT2D eigenvalue weighted by atomic mass is 10.1. The molecule has 5 nitrogen and oxygen atoms in total. The van der Waals surface area contributed by atoms with E-state index in [1.165, 1.54) is 19.1 Å². The van der Waals surface area contributed by atoms with Crippen LogP contribution in [-0.4, -0.2) is 20.9 Å². The SMILES string of the molecule is CC(=O)NCCc1cccc(S(N)(=O)=O)c1. The summed E-state index contributed by atoms with van der Waals surface area (Å²) in [7, 11) is -3.65. The number of primary sulfonamides is 1. The zero-order chi connectivity index (χ0) is 12.2. The summed E-state index contributed by atoms with van der Waals surface area (Å²) >= 11 is 0. The van der Waals surface area contributed by atoms with E-state index in [2.05, 4.69) is 5.32 Å². The molecule has 1 aromatic carbocycles. The Morgan fingerprint density at radius 1 is 1.44 bits per heavy atom. The van der Waals surface area contributed by atoms with Crippen molar-refractivity contribution in [1.29, 1.82) is 0 Å². The molecule has 0 radical (unpaired) electrons. The molecule has 3 N–H and O–H groups in total. The summed E-state index contributed by atoms with van der Waals surface area (Å²) in [5.41, 5.74) is 0.820. The van der Waals surface area contributed by atoms with Gasteiger partial charge in [-0.3, -0.25) is 4.79 Å². The lowest BCUT2D eigenvalue weighted by Crippen LogP contribution is -2.22. The van der Waals surface area contributed by atoms with E-state index < -0.39 is 10.0 Å². The normalized spacial score (nSPS) is 11.1. The molecule has 0 aliphatic carbocycles. The number of hydrogen-bond donors (Lipinski definition) is 2. The van der Waals surface area contributed by atoms with Crippen molar-refractivity contribution >= 4 is 15.9 Å². The highest BCUT2D eigenvalue weighted by Gasteiger charge is 2.07. The highest BCUT2D eigenvalue weighted by Crippen LogP contribution is 2.09. The van der Waals surface area contributed by atoms with E-state index in [0.717, 1.165) is 5.56 Å². The van der Waals surface area contributed by atoms with E-state index in [4.69, 9.17) is 5.14 Å². The third-order valence-corrected chi connectivity index (χ3v) is 2.93. The summed E-state index contributed by atoms with van der Waals surface area (Å²) in [5.74, 6) is -0.109. The molecular formula is C10H14N2O3S. The van der Waals surface area contributed by atoms with E-state index in [1.54, 1.807) is 12.1 Å². The van der Waals surface area contributed by atoms with Crippen LogP contribution in [0.2, 0.25) is 0 Å². The minimum absolute atomic E-state index is 0.0906. The topological polar surface area (TPSA) is 89.3 Å². The number of hydrogen-bond acceptors (Lipinski definition) is 3. The minimum atomic E-state index is -3.65. The average molecular weight is 242 g/mol. The number of amides is 1. The third-order valence-electron chi connectivity index (χ3n) is 2.01. The maximum absolute atomic E-state index is 11.1. The summed E-state index contributed by atoms with van der Waals surface area (Å²) < 4.78 is 22.2. The number of rotatable bonds is 4. The standard InChI is InChI=1S/C10H14N2O3S/c1-8(13)12-6-5-9-3-2-4-10(7-9)16(11,14)15/h2-4,7H,5-6H2,1H3,(H,12,13)(H2,11,14,15). The number of carbonyl (C=O) groups excluding carboxylic acids is 1. The Morgan fingerprint density at radius 2 is 2.12 bits per heavy atom. The van der Waals surface area contributed by atoms with E-state index in [-0.39, 0.29) is 10.8 Å². The number of sulfonamides is 1. The fraction of sp³-hybridized carbons (Fsp3) is 0.300. The minimum Gasteiger partial charge on any atom is -0.356 e. The van der Waals surface area contributed by atoms with Crippen molar-refractivity contribution in [3.8, 4) is 0 Å². The van der Waals surface area contributed by atoms with Gasteiger partial charge in [-0.15, -0.1) is 0 Å². The van der Waals surface area contributed by atoms with Crippen molar-refractivity contribution in [2.75, 3.05) is 6.54 Å². The average Bonchev–Trinajstić information content (AvgIpc) is 2.16. The predicted octanol–water partition coefficient (Wildman–Crippen LogP) is 0.0126. The lowest BCUT2D eigenvalue weighted by molar-refractivity contribution is -0.118. The van der Waals surface area contributed by atoms with Gasteiger partial charge < -0.3 is 5.32 Å². The van der Waals surface area contributed by atoms with Crippen molar-refractivity contribution in [3.63, 3.8) is 0 Å². The summed E-state index contributed by atoms with van der Waals surface area (Å²) in [6, 6.07) is 6.37. The van der Waals surface area contributed by atoms with Gasteiger partial charge in [0.05, 0.1) is 4.90 Å². The Bertz CT molecular complexity index is 483. The first-order valence-electron chi connectivity index (χ1n) is 4.76. The zero-order valence-corrected chi connectivity index (χ0v) is 9.75. The zero-order valence-electron chi connectivity index (χ0n) is 8.93. The van der Waals surface area contributed by atoms with Crippen LogP contribution in [0.4, 0.5) is 0 Å². The van der Waals surface area contributed by atoms with Gasteiger partial charge in [0.2, 0.25) is 15.9 Å². The first-order chi connectivity index (χ1) is 7.39. The Balaban J connectivity index is 2.72. The molecular weight excluding hydrogens is 228 g/mol. The molecule has 0 fully saturated rings. The highest BCUT2D eigenvalue weighted by atomic mass is 32.2. The highest BCUT2D eigenvalue weighted by molar-refractivity contribution is 7.89. The molecule has 1 rings (SSSR count). The van der Waals surface area contributed by atoms with Gasteiger partial charge in [-0.1, -0.05) is 12.1 Å². The van der Waals surface area contributed by atoms with Crippen LogP contribution >= 0.6 is 0 Å². The fourth-order valence-corrected chi connectivity index (χ4v) is 1.84. The van der Waals surface area contributed by atoms with E-state index >= 15 is 0 Å². The molecule has 0 aliphatic rings. The molecule has 0 bridgehead atoms. The van der Waals surface area contributed by atoms with Crippen LogP contribution in [0.5, 0.6) is 0 Å². The van der Waals surface area contributed by atoms with Gasteiger partial charge in [0.1, 0.15) is 0 Å². The second-order valence-electron chi connectivity index (χ2n) is 3.43. The second-order valence-corrected chi connectivity index (χ2v) is 4.99. The van der Waals surface area contributed by atoms with Gasteiger partial charge in [0, 0.05) is 13.5 Å². The van der Waals surface area contributed by atoms with Crippen LogP contribution in [0.3, 0.4) is 0 Å². The monoisotopic (exact) mass is 242 g/mol. The summed E-state index contributed by atoms with van der Waals surface area (Å²) in [6.45, 7) is 1.91. The van der Waals surface area contributed by atoms with Gasteiger partial charge in [-0.05, 0) is 24.1 Å². The predicted molar refractivity (Wildman–Crippen MR) is 60.2 cm³/mol. The number of nitrogens with two attached hydrogens (primary N) is 1. The molecule has 0 atom stereocenters. The van der Waals surface area contributed by atoms with Crippen molar-refractivity contribution in [3.05, 3.63) is 29.8 Å². The molecule has 0 spiro atoms. The molecule has 0 aliphatic heterocycles. The van der Waals surface area contributed by atoms with Gasteiger partial charge in [0.15, 0.2) is 0 Å². The fourth-order valence-electron chi connectivity index (χ4n) is 1.26. The van der Waals surface area contributed by atoms with Gasteiger partial charge in [-0.25, -0.2) is 13.6 Å². The third kappa shape index (κ3) is 4.00. The van der Waals surface area contributed by atoms with Crippen molar-refractivity contribution < 1.29 is 13.2 Å². The Hall–Kier alpha value is -1.40. The van der Waals surface area contributed by atoms with E-state index in [0.29, 0.717) is 13.0 Å². The van der Waals surface area contributed by atoms with Crippen molar-refractivity contribution in [2.24, 2.45) is 5.14 Å². The number of nitrogens with one attached hydrogen (secondary N) is 1. The van der Waals surface area contributed by atoms with E-state index in [1.807, 2.05) is 0 Å². The van der Waals surface area contributed by atoms with Crippen LogP contribution in [0.15, 0.2) is 29.2 Å². The van der Waals surface area contributed by atoms with Crippen molar-refractivity contribution in [1.82, 2.24) is 5.32 Å². The summed E-state index contributed by atoms with van der Waals surface area (Å²) in [4.78, 5) is 10.7. The molecule has 0 heterocycles. The maximum atomic E-state index is 11.1. The van der Waals surface area contributed by atoms with Crippen molar-refractivity contribution in [2.45, 2.75) is 18.2 Å². The molecule has 16 heavy (non-hydrogen) atoms. The Kier molecular flexibility index (Phi) is 4.03. The smallest absolute Gasteiger partial charge is 0.238 e. The van der Waals surface area contributed by atoms with Gasteiger partial charge in [-0.2, -0.15) is 0 Å². The molecule has 0 unspecified atom stereocenters. The van der Waals surface area contributed by atoms with E-state index in [9.17, 15) is 13.2 Å². The summed E-state index contributed by atoms with van der Waals surface area (Å²) in [6.07, 6.45) is 0.572. The number of carbonyl (C=O) groups is 1. The molecule has 1 amide bonds. The molecule has 0 saturated heterocycles. The Morgan fingerprint density at radius 3 is 2.69 bits per heavy atom. The second kappa shape index (κ2) is 5.09. The molecule has 6 heteroatoms. The molecule has 88 valence electrons. The van der Waals surface area contributed by atoms with Crippen LogP contribution in [-0.2, 0) is 21.2 Å². The number of benzene rings is 1. The first-order valence-corrected chi connectivity index (χ1v) is 6.30. The maximum Gasteiger partial charge on any atom is 0.238 e. The lowest BCUT2D eigenvalue weighted by Gasteiger charge is -2.04. The van der Waals surface area contributed by atoms with Gasteiger partial charge in [0.25, 0.3) is 0 Å². The largest absolute Gasteiger partial charge is 0.356 e. The first kappa shape index (κ1) is 12.7. The van der Waals surface area contributed by atoms with Crippen LogP contribution in [0, 0.1) is 0 Å². The Labute approximate surface area is 94.7 Å². The van der Waals surface area contributed by atoms with Crippen LogP contribution < -0.4 is 10.5 Å². The van der Waals surface area contributed by atoms with Crippen LogP contribution in [0.25, 0.3) is 0 Å².